The summed E-state index contributed by atoms with van der Waals surface area (Å²) in [6.45, 7) is 0. The minimum Gasteiger partial charge on any atom is 0 e. The van der Waals surface area contributed by atoms with Gasteiger partial charge in [0.25, 0.3) is 0 Å². The summed E-state index contributed by atoms with van der Waals surface area (Å²) in [6.07, 6.45) is 0. The second-order valence-electron chi connectivity index (χ2n) is 0.651. The second kappa shape index (κ2) is 6.23. The van der Waals surface area contributed by atoms with Crippen molar-refractivity contribution in [2.75, 3.05) is 0 Å². The van der Waals surface area contributed by atoms with Crippen molar-refractivity contribution >= 4 is 27.9 Å². The van der Waals surface area contributed by atoms with Gasteiger partial charge in [0.1, 0.15) is 0 Å². The van der Waals surface area contributed by atoms with Gasteiger partial charge in [0, 0.05) is 17.1 Å². The average molecular weight is 177 g/mol. The van der Waals surface area contributed by atoms with Gasteiger partial charge in [0.05, 0.1) is 0 Å². The molecule has 0 saturated heterocycles. The molecule has 0 heterocycles. The molecule has 0 amide bonds. The molecule has 0 aliphatic rings. The van der Waals surface area contributed by atoms with E-state index in [4.69, 9.17) is 14.4 Å². The van der Waals surface area contributed by atoms with E-state index >= 15 is 0 Å². The first kappa shape index (κ1) is 16.0. The third-order valence-electron chi connectivity index (χ3n) is 0.104. The van der Waals surface area contributed by atoms with Crippen molar-refractivity contribution in [1.29, 1.82) is 0 Å². The molecule has 0 saturated carbocycles. The van der Waals surface area contributed by atoms with Crippen molar-refractivity contribution < 1.29 is 40.6 Å². The quantitative estimate of drug-likeness (QED) is 0.392. The molecule has 0 aromatic heterocycles. The predicted molar refractivity (Wildman–Crippen MR) is 21.8 cm³/mol. The monoisotopic (exact) mass is 177 g/mol. The van der Waals surface area contributed by atoms with Crippen LogP contribution in [0.4, 0.5) is 4.53 Å². The van der Waals surface area contributed by atoms with E-state index in [2.05, 4.69) is 4.63 Å². The van der Waals surface area contributed by atoms with Gasteiger partial charge in [-0.3, -0.25) is 0 Å². The molecular weight excluding hydrogens is 173 g/mol. The number of halogens is 1. The van der Waals surface area contributed by atoms with Gasteiger partial charge in [0.15, 0.2) is 0 Å². The third kappa shape index (κ3) is 15.7. The van der Waals surface area contributed by atoms with Gasteiger partial charge in [-0.1, -0.05) is 4.53 Å². The maximum atomic E-state index is 10.3. The molecule has 0 bridgehead atoms. The maximum Gasteiger partial charge on any atom is 0 e. The van der Waals surface area contributed by atoms with Crippen LogP contribution in [-0.2, 0) is 21.7 Å². The van der Waals surface area contributed by atoms with Gasteiger partial charge in [-0.2, -0.15) is 4.63 Å². The van der Waals surface area contributed by atoms with E-state index in [9.17, 15) is 4.53 Å². The summed E-state index contributed by atoms with van der Waals surface area (Å²) in [5.74, 6) is 0. The zero-order valence-corrected chi connectivity index (χ0v) is 5.19. The predicted octanol–water partition coefficient (Wildman–Crippen LogP) is -2.35. The molecule has 4 nitrogen and oxygen atoms in total. The number of hydrogen-bond acceptors (Lipinski definition) is 4. The van der Waals surface area contributed by atoms with Crippen molar-refractivity contribution in [2.45, 2.75) is 0 Å². The summed E-state index contributed by atoms with van der Waals surface area (Å²) >= 11 is 0. The first-order chi connectivity index (χ1) is 2.56. The molecular formula is H4FLiMnO4Si. The van der Waals surface area contributed by atoms with Crippen LogP contribution in [-0.4, -0.2) is 42.3 Å². The van der Waals surface area contributed by atoms with Crippen LogP contribution in [0, 0.1) is 0 Å². The summed E-state index contributed by atoms with van der Waals surface area (Å²) in [4.78, 5) is 22.4. The Kier molecular flexibility index (Phi) is 12.5. The molecule has 8 heavy (non-hydrogen) atoms. The Hall–Kier alpha value is 1.10. The Morgan fingerprint density at radius 3 is 1.38 bits per heavy atom. The molecule has 0 aromatic rings. The van der Waals surface area contributed by atoms with Crippen LogP contribution in [0.3, 0.4) is 0 Å². The second-order valence-corrected chi connectivity index (χ2v) is 1.95. The molecule has 8 heteroatoms. The third-order valence-corrected chi connectivity index (χ3v) is 0.311. The fraction of sp³-hybridized carbons (Fsp3) is 0. The van der Waals surface area contributed by atoms with Crippen LogP contribution in [0.25, 0.3) is 0 Å². The van der Waals surface area contributed by atoms with E-state index in [-0.39, 0.29) is 35.9 Å². The zero-order chi connectivity index (χ0) is 5.21. The molecule has 0 rings (SSSR count). The number of hydrogen-bond donors (Lipinski definition) is 3. The summed E-state index contributed by atoms with van der Waals surface area (Å²) in [5, 5.41) is 0. The van der Waals surface area contributed by atoms with E-state index in [1.807, 2.05) is 0 Å². The first-order valence-electron chi connectivity index (χ1n) is 1.03. The van der Waals surface area contributed by atoms with Crippen molar-refractivity contribution in [1.82, 2.24) is 0 Å². The van der Waals surface area contributed by atoms with E-state index in [1.54, 1.807) is 0 Å². The fourth-order valence-electron chi connectivity index (χ4n) is 0. The van der Waals surface area contributed by atoms with Crippen LogP contribution in [0.1, 0.15) is 0 Å². The van der Waals surface area contributed by atoms with Crippen molar-refractivity contribution in [3.8, 4) is 0 Å². The summed E-state index contributed by atoms with van der Waals surface area (Å²) < 4.78 is 12.6. The topological polar surface area (TPSA) is 69.9 Å². The van der Waals surface area contributed by atoms with Crippen LogP contribution in [0.2, 0.25) is 0 Å². The van der Waals surface area contributed by atoms with Crippen LogP contribution in [0.5, 0.6) is 0 Å². The minimum absolute atomic E-state index is 0. The average Bonchev–Trinajstić information content (AvgIpc) is 1.35. The van der Waals surface area contributed by atoms with Crippen molar-refractivity contribution in [3.05, 3.63) is 0 Å². The Bertz CT molecular complexity index is 45.8. The van der Waals surface area contributed by atoms with Crippen LogP contribution >= 0.6 is 0 Å². The largest absolute Gasteiger partial charge is 0 e. The molecule has 0 aliphatic heterocycles. The van der Waals surface area contributed by atoms with Crippen molar-refractivity contribution in [3.63, 3.8) is 0 Å². The molecule has 0 unspecified atom stereocenters. The van der Waals surface area contributed by atoms with E-state index in [0.717, 1.165) is 0 Å². The fourth-order valence-corrected chi connectivity index (χ4v) is 0. The van der Waals surface area contributed by atoms with E-state index < -0.39 is 9.05 Å². The van der Waals surface area contributed by atoms with Crippen LogP contribution < -0.4 is 0 Å². The minimum atomic E-state index is -4.80. The molecule has 3 N–H and O–H groups in total. The van der Waals surface area contributed by atoms with E-state index in [1.165, 1.54) is 0 Å². The molecule has 47 valence electrons. The molecule has 0 spiro atoms. The smallest absolute Gasteiger partial charge is 0 e. The number of rotatable bonds is 1. The molecule has 0 aliphatic carbocycles. The van der Waals surface area contributed by atoms with Gasteiger partial charge in [-0.05, 0) is 0 Å². The van der Waals surface area contributed by atoms with Gasteiger partial charge in [0.2, 0.25) is 0 Å². The summed E-state index contributed by atoms with van der Waals surface area (Å²) in [5.41, 5.74) is 0. The SMILES string of the molecule is O[Si](O)(O)OF.[LiH].[Mn]. The molecule has 1 radical (unpaired) electrons. The standard InChI is InChI=1S/FH3O4Si.Li.Mn.H/c1-5-6(2,3)4;;;/h2-4H;;;. The Balaban J connectivity index is -0.000000125. The Labute approximate surface area is 68.7 Å². The molecule has 0 aromatic carbocycles. The first-order valence-corrected chi connectivity index (χ1v) is 2.78. The van der Waals surface area contributed by atoms with Crippen LogP contribution in [0.15, 0.2) is 0 Å². The van der Waals surface area contributed by atoms with Gasteiger partial charge >= 0.3 is 27.9 Å². The Morgan fingerprint density at radius 2 is 1.38 bits per heavy atom. The van der Waals surface area contributed by atoms with Gasteiger partial charge in [-0.25, -0.2) is 0 Å². The van der Waals surface area contributed by atoms with E-state index in [0.29, 0.717) is 0 Å². The van der Waals surface area contributed by atoms with Crippen molar-refractivity contribution in [2.24, 2.45) is 0 Å². The summed E-state index contributed by atoms with van der Waals surface area (Å²) in [6, 6.07) is 0. The van der Waals surface area contributed by atoms with Gasteiger partial charge in [-0.15, -0.1) is 0 Å². The normalized spacial score (nSPS) is 9.00. The maximum absolute atomic E-state index is 10.3. The molecule has 0 atom stereocenters. The van der Waals surface area contributed by atoms with Gasteiger partial charge < -0.3 is 14.4 Å². The zero-order valence-electron chi connectivity index (χ0n) is 3.01. The Morgan fingerprint density at radius 1 is 1.25 bits per heavy atom. The summed E-state index contributed by atoms with van der Waals surface area (Å²) in [7, 11) is -4.80. The molecule has 0 fully saturated rings.